The molecule has 2 aliphatic rings. The van der Waals surface area contributed by atoms with Crippen molar-refractivity contribution in [2.45, 2.75) is 46.1 Å². The van der Waals surface area contributed by atoms with Crippen LogP contribution >= 0.6 is 0 Å². The van der Waals surface area contributed by atoms with Crippen molar-refractivity contribution in [1.82, 2.24) is 9.55 Å². The number of H-pyrrole nitrogens is 1. The van der Waals surface area contributed by atoms with Crippen molar-refractivity contribution in [2.24, 2.45) is 0 Å². The second-order valence-electron chi connectivity index (χ2n) is 9.80. The van der Waals surface area contributed by atoms with E-state index in [1.54, 1.807) is 13.8 Å². The lowest BCUT2D eigenvalue weighted by atomic mass is 9.91. The summed E-state index contributed by atoms with van der Waals surface area (Å²) in [4.78, 5) is 30.6. The van der Waals surface area contributed by atoms with Crippen molar-refractivity contribution in [3.63, 3.8) is 0 Å². The molecule has 0 bridgehead atoms. The molecule has 8 heteroatoms. The van der Waals surface area contributed by atoms with Gasteiger partial charge < -0.3 is 28.5 Å². The third kappa shape index (κ3) is 3.58. The maximum Gasteiger partial charge on any atom is 0.340 e. The van der Waals surface area contributed by atoms with Gasteiger partial charge in [-0.05, 0) is 49.1 Å². The molecular formula is C30H30N2O6. The van der Waals surface area contributed by atoms with Crippen LogP contribution in [0.15, 0.2) is 42.5 Å². The van der Waals surface area contributed by atoms with E-state index in [-0.39, 0.29) is 43.1 Å². The minimum Gasteiger partial charge on any atom is -0.462 e. The van der Waals surface area contributed by atoms with Gasteiger partial charge in [0.25, 0.3) is 0 Å². The number of carbonyl (C=O) groups excluding carboxylic acids is 2. The summed E-state index contributed by atoms with van der Waals surface area (Å²) in [6.07, 6.45) is 0.466. The molecule has 2 aliphatic heterocycles. The zero-order valence-corrected chi connectivity index (χ0v) is 21.9. The Kier molecular flexibility index (Phi) is 5.90. The van der Waals surface area contributed by atoms with Gasteiger partial charge in [0.2, 0.25) is 6.79 Å². The molecule has 2 aromatic heterocycles. The van der Waals surface area contributed by atoms with Crippen LogP contribution in [0, 0.1) is 0 Å². The van der Waals surface area contributed by atoms with Gasteiger partial charge in [0.1, 0.15) is 0 Å². The average Bonchev–Trinajstić information content (AvgIpc) is 3.60. The lowest BCUT2D eigenvalue weighted by molar-refractivity contribution is 0.0478. The number of fused-ring (bicyclic) bond motifs is 5. The number of aromatic nitrogens is 2. The third-order valence-corrected chi connectivity index (χ3v) is 7.29. The van der Waals surface area contributed by atoms with Crippen LogP contribution in [0.1, 0.15) is 88.6 Å². The van der Waals surface area contributed by atoms with Crippen LogP contribution in [0.25, 0.3) is 10.9 Å². The van der Waals surface area contributed by atoms with Crippen LogP contribution in [0.2, 0.25) is 0 Å². The number of rotatable bonds is 6. The van der Waals surface area contributed by atoms with E-state index in [0.717, 1.165) is 39.1 Å². The first-order valence-corrected chi connectivity index (χ1v) is 13.0. The number of nitrogens with zero attached hydrogens (tertiary/aromatic N) is 1. The summed E-state index contributed by atoms with van der Waals surface area (Å²) in [6, 6.07) is 13.7. The highest BCUT2D eigenvalue weighted by molar-refractivity contribution is 6.06. The van der Waals surface area contributed by atoms with E-state index in [9.17, 15) is 9.59 Å². The average molecular weight is 515 g/mol. The Morgan fingerprint density at radius 2 is 1.71 bits per heavy atom. The van der Waals surface area contributed by atoms with Gasteiger partial charge in [-0.3, -0.25) is 0 Å². The van der Waals surface area contributed by atoms with E-state index in [0.29, 0.717) is 17.9 Å². The van der Waals surface area contributed by atoms with Crippen LogP contribution in [0.4, 0.5) is 0 Å². The zero-order valence-electron chi connectivity index (χ0n) is 21.9. The van der Waals surface area contributed by atoms with E-state index >= 15 is 0 Å². The van der Waals surface area contributed by atoms with Crippen molar-refractivity contribution >= 4 is 22.8 Å². The molecule has 4 aromatic rings. The smallest absolute Gasteiger partial charge is 0.340 e. The van der Waals surface area contributed by atoms with Crippen molar-refractivity contribution in [3.05, 3.63) is 81.8 Å². The van der Waals surface area contributed by atoms with E-state index in [1.165, 1.54) is 0 Å². The van der Waals surface area contributed by atoms with Gasteiger partial charge >= 0.3 is 11.9 Å². The minimum atomic E-state index is -0.515. The molecule has 0 saturated heterocycles. The molecule has 1 unspecified atom stereocenters. The lowest BCUT2D eigenvalue weighted by Gasteiger charge is -2.31. The Bertz CT molecular complexity index is 1580. The van der Waals surface area contributed by atoms with E-state index in [1.807, 2.05) is 44.2 Å². The van der Waals surface area contributed by atoms with Crippen LogP contribution in [-0.2, 0) is 15.9 Å². The number of hydrogen-bond donors (Lipinski definition) is 1. The van der Waals surface area contributed by atoms with Gasteiger partial charge in [0.15, 0.2) is 11.5 Å². The molecule has 2 aromatic carbocycles. The van der Waals surface area contributed by atoms with Gasteiger partial charge in [-0.2, -0.15) is 0 Å². The normalized spacial score (nSPS) is 15.4. The summed E-state index contributed by atoms with van der Waals surface area (Å²) in [7, 11) is 0. The maximum absolute atomic E-state index is 13.5. The number of aromatic amines is 1. The highest BCUT2D eigenvalue weighted by atomic mass is 16.7. The number of carbonyl (C=O) groups is 2. The second-order valence-corrected chi connectivity index (χ2v) is 9.80. The highest BCUT2D eigenvalue weighted by Gasteiger charge is 2.41. The topological polar surface area (TPSA) is 91.8 Å². The molecule has 1 atom stereocenters. The second kappa shape index (κ2) is 9.28. The number of ether oxygens (including phenoxy) is 4. The fourth-order valence-electron chi connectivity index (χ4n) is 5.87. The first-order chi connectivity index (χ1) is 18.4. The standard InChI is InChI=1S/C30H30N2O6/c1-5-35-29(33)24-21-14-19-18-9-7-8-10-20(18)31-26(19)28(17-11-12-22-23(13-17)38-15-37-22)32(21)27(16(3)4)25(24)30(34)36-6-2/h7-13,16,28,31H,5-6,14-15H2,1-4H3. The molecule has 196 valence electrons. The van der Waals surface area contributed by atoms with Gasteiger partial charge in [-0.15, -0.1) is 0 Å². The molecule has 8 nitrogen and oxygen atoms in total. The summed E-state index contributed by atoms with van der Waals surface area (Å²) in [6.45, 7) is 8.16. The SMILES string of the molecule is CCOC(=O)c1c(C(=O)OCC)c(C(C)C)n2c1Cc1c([nH]c3ccccc13)C2c1ccc2c(c1)OCO2. The molecule has 0 spiro atoms. The Morgan fingerprint density at radius 3 is 2.45 bits per heavy atom. The van der Waals surface area contributed by atoms with Crippen LogP contribution < -0.4 is 9.47 Å². The molecule has 4 heterocycles. The summed E-state index contributed by atoms with van der Waals surface area (Å²) in [5.41, 5.74) is 6.13. The summed E-state index contributed by atoms with van der Waals surface area (Å²) in [5, 5.41) is 1.08. The number of hydrogen-bond acceptors (Lipinski definition) is 6. The fourth-order valence-corrected chi connectivity index (χ4v) is 5.87. The fraction of sp³-hybridized carbons (Fsp3) is 0.333. The number of nitrogens with one attached hydrogen (secondary N) is 1. The van der Waals surface area contributed by atoms with Gasteiger partial charge in [0.05, 0.1) is 30.4 Å². The largest absolute Gasteiger partial charge is 0.462 e. The lowest BCUT2D eigenvalue weighted by Crippen LogP contribution is -2.25. The summed E-state index contributed by atoms with van der Waals surface area (Å²) < 4.78 is 24.4. The molecule has 0 saturated carbocycles. The first kappa shape index (κ1) is 24.2. The molecule has 0 fully saturated rings. The van der Waals surface area contributed by atoms with Crippen molar-refractivity contribution < 1.29 is 28.5 Å². The predicted octanol–water partition coefficient (Wildman–Crippen LogP) is 5.72. The zero-order chi connectivity index (χ0) is 26.6. The quantitative estimate of drug-likeness (QED) is 0.292. The Morgan fingerprint density at radius 1 is 1.00 bits per heavy atom. The molecule has 38 heavy (non-hydrogen) atoms. The number of para-hydroxylation sites is 1. The van der Waals surface area contributed by atoms with Gasteiger partial charge in [-0.25, -0.2) is 9.59 Å². The summed E-state index contributed by atoms with van der Waals surface area (Å²) in [5.74, 6) is 0.247. The van der Waals surface area contributed by atoms with Crippen molar-refractivity contribution in [2.75, 3.05) is 20.0 Å². The molecule has 0 amide bonds. The molecule has 1 N–H and O–H groups in total. The monoisotopic (exact) mass is 514 g/mol. The molecule has 6 rings (SSSR count). The molecule has 0 aliphatic carbocycles. The van der Waals surface area contributed by atoms with Crippen molar-refractivity contribution in [3.8, 4) is 11.5 Å². The first-order valence-electron chi connectivity index (χ1n) is 13.0. The molecule has 0 radical (unpaired) electrons. The number of benzene rings is 2. The third-order valence-electron chi connectivity index (χ3n) is 7.29. The maximum atomic E-state index is 13.5. The van der Waals surface area contributed by atoms with E-state index in [4.69, 9.17) is 18.9 Å². The van der Waals surface area contributed by atoms with Crippen LogP contribution in [-0.4, -0.2) is 41.5 Å². The number of esters is 2. The van der Waals surface area contributed by atoms with Gasteiger partial charge in [-0.1, -0.05) is 38.1 Å². The Hall–Kier alpha value is -4.20. The highest BCUT2D eigenvalue weighted by Crippen LogP contribution is 2.47. The Labute approximate surface area is 220 Å². The van der Waals surface area contributed by atoms with Crippen LogP contribution in [0.3, 0.4) is 0 Å². The molecular weight excluding hydrogens is 484 g/mol. The minimum absolute atomic E-state index is 0.0845. The summed E-state index contributed by atoms with van der Waals surface area (Å²) >= 11 is 0. The Balaban J connectivity index is 1.70. The van der Waals surface area contributed by atoms with E-state index in [2.05, 4.69) is 21.7 Å². The predicted molar refractivity (Wildman–Crippen MR) is 141 cm³/mol. The van der Waals surface area contributed by atoms with E-state index < -0.39 is 11.9 Å². The van der Waals surface area contributed by atoms with Gasteiger partial charge in [0, 0.05) is 34.4 Å². The van der Waals surface area contributed by atoms with Crippen molar-refractivity contribution in [1.29, 1.82) is 0 Å². The van der Waals surface area contributed by atoms with Crippen LogP contribution in [0.5, 0.6) is 11.5 Å².